The molecular weight excluding hydrogens is 410 g/mol. The molecule has 0 bridgehead atoms. The van der Waals surface area contributed by atoms with E-state index in [1.807, 2.05) is 12.1 Å². The maximum atomic E-state index is 5.40. The van der Waals surface area contributed by atoms with Crippen LogP contribution >= 0.6 is 11.3 Å². The van der Waals surface area contributed by atoms with Gasteiger partial charge in [-0.2, -0.15) is 0 Å². The summed E-state index contributed by atoms with van der Waals surface area (Å²) >= 11 is 1.74. The predicted octanol–water partition coefficient (Wildman–Crippen LogP) is 4.07. The number of piperazine rings is 1. The molecule has 1 aromatic heterocycles. The number of benzene rings is 1. The Morgan fingerprint density at radius 1 is 1.16 bits per heavy atom. The van der Waals surface area contributed by atoms with Crippen LogP contribution in [-0.4, -0.2) is 80.3 Å². The predicted molar refractivity (Wildman–Crippen MR) is 127 cm³/mol. The molecule has 2 aromatic rings. The van der Waals surface area contributed by atoms with Crippen LogP contribution in [-0.2, 0) is 9.47 Å². The molecule has 1 aromatic carbocycles. The molecule has 31 heavy (non-hydrogen) atoms. The van der Waals surface area contributed by atoms with Crippen molar-refractivity contribution in [1.82, 2.24) is 14.8 Å². The van der Waals surface area contributed by atoms with Crippen molar-refractivity contribution in [1.29, 1.82) is 0 Å². The maximum absolute atomic E-state index is 5.40. The Balaban J connectivity index is 1.67. The van der Waals surface area contributed by atoms with E-state index in [-0.39, 0.29) is 0 Å². The largest absolute Gasteiger partial charge is 0.385 e. The van der Waals surface area contributed by atoms with E-state index in [1.54, 1.807) is 25.6 Å². The third-order valence-electron chi connectivity index (χ3n) is 5.87. The number of rotatable bonds is 7. The monoisotopic (exact) mass is 443 g/mol. The van der Waals surface area contributed by atoms with E-state index in [9.17, 15) is 0 Å². The Labute approximate surface area is 189 Å². The highest BCUT2D eigenvalue weighted by Gasteiger charge is 2.32. The second kappa shape index (κ2) is 10.1. The summed E-state index contributed by atoms with van der Waals surface area (Å²) in [5, 5.41) is 5.82. The average molecular weight is 444 g/mol. The van der Waals surface area contributed by atoms with Gasteiger partial charge in [-0.25, -0.2) is 9.98 Å². The van der Waals surface area contributed by atoms with Crippen molar-refractivity contribution in [3.63, 3.8) is 0 Å². The number of hydrogen-bond acceptors (Lipinski definition) is 8. The van der Waals surface area contributed by atoms with Crippen LogP contribution in [0.15, 0.2) is 29.3 Å². The molecular formula is C23H33N5O2S. The molecule has 4 rings (SSSR count). The number of methoxy groups -OCH3 is 2. The van der Waals surface area contributed by atoms with Crippen molar-refractivity contribution in [3.8, 4) is 0 Å². The highest BCUT2D eigenvalue weighted by molar-refractivity contribution is 7.16. The molecule has 0 aliphatic carbocycles. The molecule has 0 amide bonds. The van der Waals surface area contributed by atoms with Gasteiger partial charge in [0, 0.05) is 59.0 Å². The van der Waals surface area contributed by atoms with Crippen LogP contribution in [0.4, 0.5) is 16.4 Å². The first-order chi connectivity index (χ1) is 15.1. The van der Waals surface area contributed by atoms with E-state index in [0.717, 1.165) is 78.7 Å². The lowest BCUT2D eigenvalue weighted by Gasteiger charge is -2.42. The van der Waals surface area contributed by atoms with Gasteiger partial charge in [0.15, 0.2) is 5.84 Å². The van der Waals surface area contributed by atoms with Gasteiger partial charge >= 0.3 is 0 Å². The summed E-state index contributed by atoms with van der Waals surface area (Å²) in [6, 6.07) is 8.64. The highest BCUT2D eigenvalue weighted by Crippen LogP contribution is 2.39. The van der Waals surface area contributed by atoms with Gasteiger partial charge in [-0.05, 0) is 18.6 Å². The molecule has 0 radical (unpaired) electrons. The molecule has 0 saturated carbocycles. The van der Waals surface area contributed by atoms with Gasteiger partial charge in [0.1, 0.15) is 10.7 Å². The Hall–Kier alpha value is -2.00. The van der Waals surface area contributed by atoms with Crippen LogP contribution in [0.5, 0.6) is 0 Å². The average Bonchev–Trinajstić information content (AvgIpc) is 3.13. The lowest BCUT2D eigenvalue weighted by atomic mass is 10.1. The number of aliphatic imine (C=N–C) groups is 1. The third kappa shape index (κ3) is 4.92. The van der Waals surface area contributed by atoms with Gasteiger partial charge in [0.05, 0.1) is 23.0 Å². The smallest absolute Gasteiger partial charge is 0.158 e. The van der Waals surface area contributed by atoms with E-state index >= 15 is 0 Å². The van der Waals surface area contributed by atoms with Crippen LogP contribution in [0.25, 0.3) is 0 Å². The molecule has 8 heteroatoms. The van der Waals surface area contributed by atoms with Crippen molar-refractivity contribution in [2.75, 3.05) is 58.9 Å². The summed E-state index contributed by atoms with van der Waals surface area (Å²) in [5.41, 5.74) is 2.97. The molecule has 2 aliphatic rings. The van der Waals surface area contributed by atoms with Crippen molar-refractivity contribution in [2.45, 2.75) is 32.2 Å². The first-order valence-electron chi connectivity index (χ1n) is 11.0. The van der Waals surface area contributed by atoms with Crippen LogP contribution in [0.3, 0.4) is 0 Å². The molecule has 2 aliphatic heterocycles. The zero-order valence-corrected chi connectivity index (χ0v) is 19.7. The molecule has 7 nitrogen and oxygen atoms in total. The number of nitrogens with one attached hydrogen (secondary N) is 1. The Morgan fingerprint density at radius 3 is 2.74 bits per heavy atom. The summed E-state index contributed by atoms with van der Waals surface area (Å²) in [5.74, 6) is 1.36. The van der Waals surface area contributed by atoms with Crippen LogP contribution in [0.2, 0.25) is 0 Å². The number of aromatic nitrogens is 1. The Morgan fingerprint density at radius 2 is 1.97 bits per heavy atom. The number of ether oxygens (including phenoxy) is 2. The molecule has 3 heterocycles. The van der Waals surface area contributed by atoms with Crippen molar-refractivity contribution >= 4 is 33.5 Å². The lowest BCUT2D eigenvalue weighted by Crippen LogP contribution is -2.55. The zero-order chi connectivity index (χ0) is 21.8. The second-order valence-corrected chi connectivity index (χ2v) is 9.40. The fraction of sp³-hybridized carbons (Fsp3) is 0.565. The van der Waals surface area contributed by atoms with Gasteiger partial charge in [0.2, 0.25) is 0 Å². The highest BCUT2D eigenvalue weighted by atomic mass is 32.1. The molecule has 0 spiro atoms. The number of fused-ring (bicyclic) bond motifs is 2. The summed E-state index contributed by atoms with van der Waals surface area (Å²) in [6.07, 6.45) is 0.986. The SMILES string of the molecule is COCCC1CN(C2=Nc3ccccc3Nc3sc(C(C)C)nc32)CCN1CCOC. The molecule has 1 N–H and O–H groups in total. The Kier molecular flexibility index (Phi) is 7.22. The Bertz CT molecular complexity index is 913. The number of nitrogens with zero attached hydrogens (tertiary/aromatic N) is 4. The normalized spacial score (nSPS) is 18.9. The minimum Gasteiger partial charge on any atom is -0.385 e. The lowest BCUT2D eigenvalue weighted by molar-refractivity contribution is 0.0573. The minimum absolute atomic E-state index is 0.385. The number of para-hydroxylation sites is 2. The fourth-order valence-electron chi connectivity index (χ4n) is 4.12. The van der Waals surface area contributed by atoms with E-state index in [0.29, 0.717) is 12.0 Å². The molecule has 1 unspecified atom stereocenters. The number of hydrogen-bond donors (Lipinski definition) is 1. The van der Waals surface area contributed by atoms with Crippen molar-refractivity contribution in [2.24, 2.45) is 4.99 Å². The zero-order valence-electron chi connectivity index (χ0n) is 18.9. The molecule has 1 saturated heterocycles. The van der Waals surface area contributed by atoms with Crippen LogP contribution < -0.4 is 5.32 Å². The molecule has 168 valence electrons. The number of amidine groups is 1. The summed E-state index contributed by atoms with van der Waals surface area (Å²) in [4.78, 5) is 15.1. The van der Waals surface area contributed by atoms with Crippen LogP contribution in [0.1, 0.15) is 36.9 Å². The van der Waals surface area contributed by atoms with Gasteiger partial charge in [0.25, 0.3) is 0 Å². The van der Waals surface area contributed by atoms with Crippen molar-refractivity contribution in [3.05, 3.63) is 35.0 Å². The van der Waals surface area contributed by atoms with E-state index < -0.39 is 0 Å². The second-order valence-electron chi connectivity index (χ2n) is 8.37. The minimum atomic E-state index is 0.385. The van der Waals surface area contributed by atoms with E-state index in [4.69, 9.17) is 19.5 Å². The molecule has 1 atom stereocenters. The molecule has 1 fully saturated rings. The first kappa shape index (κ1) is 22.2. The summed E-state index contributed by atoms with van der Waals surface area (Å²) in [6.45, 7) is 9.62. The van der Waals surface area contributed by atoms with Gasteiger partial charge in [-0.3, -0.25) is 4.90 Å². The standard InChI is InChI=1S/C23H33N5O2S/c1-16(2)22-26-20-21(24-18-7-5-6-8-19(18)25-23(20)31-22)28-11-10-27(12-14-30-4)17(15-28)9-13-29-3/h5-8,16-17,25H,9-15H2,1-4H3. The number of thiazole rings is 1. The quantitative estimate of drug-likeness (QED) is 0.696. The van der Waals surface area contributed by atoms with Gasteiger partial charge in [-0.15, -0.1) is 11.3 Å². The fourth-order valence-corrected chi connectivity index (χ4v) is 5.10. The first-order valence-corrected chi connectivity index (χ1v) is 11.8. The van der Waals surface area contributed by atoms with Crippen molar-refractivity contribution < 1.29 is 9.47 Å². The number of anilines is 2. The topological polar surface area (TPSA) is 62.2 Å². The third-order valence-corrected chi connectivity index (χ3v) is 7.14. The summed E-state index contributed by atoms with van der Waals surface area (Å²) < 4.78 is 10.7. The maximum Gasteiger partial charge on any atom is 0.158 e. The summed E-state index contributed by atoms with van der Waals surface area (Å²) in [7, 11) is 3.54. The van der Waals surface area contributed by atoms with E-state index in [2.05, 4.69) is 41.1 Å². The van der Waals surface area contributed by atoms with Crippen LogP contribution in [0, 0.1) is 0 Å². The van der Waals surface area contributed by atoms with Gasteiger partial charge in [-0.1, -0.05) is 26.0 Å². The van der Waals surface area contributed by atoms with E-state index in [1.165, 1.54) is 0 Å². The van der Waals surface area contributed by atoms with Gasteiger partial charge < -0.3 is 19.7 Å².